The number of hydrogen-bond donors (Lipinski definition) is 3. The lowest BCUT2D eigenvalue weighted by Crippen LogP contribution is -2.19. The maximum absolute atomic E-state index is 11.5. The number of ether oxygens (including phenoxy) is 1. The predicted molar refractivity (Wildman–Crippen MR) is 104 cm³/mol. The second kappa shape index (κ2) is 6.73. The maximum Gasteiger partial charge on any atom is 0.248 e. The molecule has 0 bridgehead atoms. The number of fused-ring (bicyclic) bond motifs is 2. The highest BCUT2D eigenvalue weighted by molar-refractivity contribution is 6.00. The molecule has 0 fully saturated rings. The minimum absolute atomic E-state index is 0.429. The Labute approximate surface area is 155 Å². The first kappa shape index (κ1) is 17.0. The Kier molecular flexibility index (Phi) is 4.25. The van der Waals surface area contributed by atoms with Crippen molar-refractivity contribution in [1.29, 1.82) is 0 Å². The molecule has 0 aliphatic carbocycles. The lowest BCUT2D eigenvalue weighted by molar-refractivity contribution is 0.100. The molecule has 138 valence electrons. The van der Waals surface area contributed by atoms with Crippen LogP contribution in [0.3, 0.4) is 0 Å². The van der Waals surface area contributed by atoms with Crippen LogP contribution in [-0.2, 0) is 0 Å². The van der Waals surface area contributed by atoms with E-state index in [-0.39, 0.29) is 0 Å². The van der Waals surface area contributed by atoms with Crippen molar-refractivity contribution in [1.82, 2.24) is 25.1 Å². The zero-order chi connectivity index (χ0) is 19.0. The summed E-state index contributed by atoms with van der Waals surface area (Å²) in [5.41, 5.74) is 8.93. The Bertz CT molecular complexity index is 1130. The van der Waals surface area contributed by atoms with Gasteiger partial charge < -0.3 is 20.4 Å². The van der Waals surface area contributed by atoms with Gasteiger partial charge in [-0.15, -0.1) is 0 Å². The molecule has 4 rings (SSSR count). The second-order valence-electron chi connectivity index (χ2n) is 6.61. The predicted octanol–water partition coefficient (Wildman–Crippen LogP) is 2.15. The molecular formula is C19H20N6O2. The van der Waals surface area contributed by atoms with Gasteiger partial charge in [-0.1, -0.05) is 0 Å². The van der Waals surface area contributed by atoms with Crippen LogP contribution in [0.2, 0.25) is 0 Å². The average Bonchev–Trinajstić information content (AvgIpc) is 3.23. The molecule has 0 spiro atoms. The summed E-state index contributed by atoms with van der Waals surface area (Å²) in [6.07, 6.45) is 0. The summed E-state index contributed by atoms with van der Waals surface area (Å²) in [4.78, 5) is 21.4. The number of nitrogens with two attached hydrogens (primary N) is 1. The fourth-order valence-electron chi connectivity index (χ4n) is 2.88. The molecule has 0 saturated heterocycles. The molecule has 0 radical (unpaired) electrons. The van der Waals surface area contributed by atoms with E-state index >= 15 is 0 Å². The van der Waals surface area contributed by atoms with Crippen LogP contribution in [0.1, 0.15) is 10.4 Å². The van der Waals surface area contributed by atoms with E-state index in [1.807, 2.05) is 32.3 Å². The van der Waals surface area contributed by atoms with Gasteiger partial charge >= 0.3 is 0 Å². The Morgan fingerprint density at radius 1 is 1.19 bits per heavy atom. The van der Waals surface area contributed by atoms with Crippen LogP contribution < -0.4 is 10.5 Å². The van der Waals surface area contributed by atoms with Gasteiger partial charge in [-0.3, -0.25) is 9.89 Å². The van der Waals surface area contributed by atoms with Gasteiger partial charge in [0.05, 0.1) is 16.6 Å². The van der Waals surface area contributed by atoms with Crippen LogP contribution in [0.25, 0.3) is 33.5 Å². The van der Waals surface area contributed by atoms with E-state index in [1.54, 1.807) is 18.2 Å². The molecular weight excluding hydrogens is 344 g/mol. The normalized spacial score (nSPS) is 11.5. The van der Waals surface area contributed by atoms with E-state index in [4.69, 9.17) is 10.5 Å². The van der Waals surface area contributed by atoms with E-state index in [9.17, 15) is 4.79 Å². The number of amides is 1. The van der Waals surface area contributed by atoms with Crippen molar-refractivity contribution in [3.63, 3.8) is 0 Å². The van der Waals surface area contributed by atoms with E-state index in [2.05, 4.69) is 25.1 Å². The quantitative estimate of drug-likeness (QED) is 0.485. The van der Waals surface area contributed by atoms with E-state index < -0.39 is 5.91 Å². The highest BCUT2D eigenvalue weighted by atomic mass is 16.5. The summed E-state index contributed by atoms with van der Waals surface area (Å²) in [6.45, 7) is 1.45. The molecule has 0 unspecified atom stereocenters. The van der Waals surface area contributed by atoms with Crippen molar-refractivity contribution < 1.29 is 9.53 Å². The number of rotatable bonds is 6. The van der Waals surface area contributed by atoms with Gasteiger partial charge in [0.2, 0.25) is 5.91 Å². The van der Waals surface area contributed by atoms with Crippen LogP contribution in [0.5, 0.6) is 5.75 Å². The molecule has 4 aromatic rings. The Balaban J connectivity index is 1.68. The first-order valence-electron chi connectivity index (χ1n) is 8.57. The molecule has 0 saturated carbocycles. The van der Waals surface area contributed by atoms with Gasteiger partial charge in [-0.25, -0.2) is 4.98 Å². The standard InChI is InChI=1S/C19H20N6O2/c1-25(2)7-8-27-12-4-6-15-16(10-12)22-19(21-15)17-13-9-11(18(20)26)3-5-14(13)23-24-17/h3-6,9-10H,7-8H2,1-2H3,(H2,20,26)(H,21,22)(H,23,24). The van der Waals surface area contributed by atoms with Crippen LogP contribution in [0, 0.1) is 0 Å². The van der Waals surface area contributed by atoms with Gasteiger partial charge in [0.25, 0.3) is 0 Å². The van der Waals surface area contributed by atoms with E-state index in [0.717, 1.165) is 34.2 Å². The third-order valence-corrected chi connectivity index (χ3v) is 4.33. The number of aromatic amines is 2. The molecule has 8 nitrogen and oxygen atoms in total. The van der Waals surface area contributed by atoms with Crippen molar-refractivity contribution in [3.05, 3.63) is 42.0 Å². The number of hydrogen-bond acceptors (Lipinski definition) is 5. The van der Waals surface area contributed by atoms with Crippen molar-refractivity contribution >= 4 is 27.8 Å². The lowest BCUT2D eigenvalue weighted by atomic mass is 10.1. The first-order valence-corrected chi connectivity index (χ1v) is 8.57. The number of primary amides is 1. The van der Waals surface area contributed by atoms with Crippen LogP contribution in [0.4, 0.5) is 0 Å². The fraction of sp³-hybridized carbons (Fsp3) is 0.211. The number of carbonyl (C=O) groups excluding carboxylic acids is 1. The van der Waals surface area contributed by atoms with Crippen LogP contribution >= 0.6 is 0 Å². The Morgan fingerprint density at radius 2 is 2.04 bits per heavy atom. The Morgan fingerprint density at radius 3 is 2.81 bits per heavy atom. The van der Waals surface area contributed by atoms with Crippen molar-refractivity contribution in [2.75, 3.05) is 27.2 Å². The summed E-state index contributed by atoms with van der Waals surface area (Å²) >= 11 is 0. The van der Waals surface area contributed by atoms with Crippen LogP contribution in [0.15, 0.2) is 36.4 Å². The largest absolute Gasteiger partial charge is 0.492 e. The average molecular weight is 364 g/mol. The third kappa shape index (κ3) is 3.34. The molecule has 27 heavy (non-hydrogen) atoms. The number of likely N-dealkylation sites (N-methyl/N-ethyl adjacent to an activating group) is 1. The van der Waals surface area contributed by atoms with E-state index in [1.165, 1.54) is 0 Å². The number of aromatic nitrogens is 4. The summed E-state index contributed by atoms with van der Waals surface area (Å²) in [6, 6.07) is 10.9. The summed E-state index contributed by atoms with van der Waals surface area (Å²) in [5, 5.41) is 8.09. The number of benzene rings is 2. The maximum atomic E-state index is 11.5. The monoisotopic (exact) mass is 364 g/mol. The zero-order valence-electron chi connectivity index (χ0n) is 15.1. The highest BCUT2D eigenvalue weighted by Gasteiger charge is 2.14. The molecule has 4 N–H and O–H groups in total. The van der Waals surface area contributed by atoms with Crippen LogP contribution in [-0.4, -0.2) is 58.2 Å². The molecule has 2 heterocycles. The van der Waals surface area contributed by atoms with Gasteiger partial charge in [0.1, 0.15) is 18.1 Å². The molecule has 8 heteroatoms. The molecule has 1 amide bonds. The smallest absolute Gasteiger partial charge is 0.248 e. The highest BCUT2D eigenvalue weighted by Crippen LogP contribution is 2.28. The van der Waals surface area contributed by atoms with Crippen molar-refractivity contribution in [2.45, 2.75) is 0 Å². The summed E-state index contributed by atoms with van der Waals surface area (Å²) in [7, 11) is 4.01. The van der Waals surface area contributed by atoms with Gasteiger partial charge in [-0.2, -0.15) is 5.10 Å². The van der Waals surface area contributed by atoms with Gasteiger partial charge in [-0.05, 0) is 44.4 Å². The summed E-state index contributed by atoms with van der Waals surface area (Å²) < 4.78 is 5.77. The number of imidazole rings is 1. The molecule has 0 aliphatic heterocycles. The number of nitrogens with zero attached hydrogens (tertiary/aromatic N) is 3. The zero-order valence-corrected chi connectivity index (χ0v) is 15.1. The minimum Gasteiger partial charge on any atom is -0.492 e. The van der Waals surface area contributed by atoms with Crippen molar-refractivity contribution in [3.8, 4) is 17.3 Å². The minimum atomic E-state index is -0.479. The van der Waals surface area contributed by atoms with Gasteiger partial charge in [0, 0.05) is 23.6 Å². The van der Waals surface area contributed by atoms with Crippen molar-refractivity contribution in [2.24, 2.45) is 5.73 Å². The Hall–Kier alpha value is -3.39. The first-order chi connectivity index (χ1) is 13.0. The molecule has 2 aromatic carbocycles. The second-order valence-corrected chi connectivity index (χ2v) is 6.61. The van der Waals surface area contributed by atoms with Gasteiger partial charge in [0.15, 0.2) is 5.82 Å². The molecule has 0 aliphatic rings. The molecule has 2 aromatic heterocycles. The number of carbonyl (C=O) groups is 1. The summed E-state index contributed by atoms with van der Waals surface area (Å²) in [5.74, 6) is 0.916. The molecule has 0 atom stereocenters. The fourth-order valence-corrected chi connectivity index (χ4v) is 2.88. The third-order valence-electron chi connectivity index (χ3n) is 4.33. The SMILES string of the molecule is CN(C)CCOc1ccc2nc(-c3n[nH]c4ccc(C(N)=O)cc34)[nH]c2c1. The number of nitrogens with one attached hydrogen (secondary N) is 2. The number of H-pyrrole nitrogens is 2. The van der Waals surface area contributed by atoms with E-state index in [0.29, 0.717) is 23.7 Å². The topological polar surface area (TPSA) is 113 Å². The lowest BCUT2D eigenvalue weighted by Gasteiger charge is -2.10.